The van der Waals surface area contributed by atoms with Crippen molar-refractivity contribution in [2.24, 2.45) is 0 Å². The van der Waals surface area contributed by atoms with Crippen LogP contribution >= 0.6 is 15.9 Å². The van der Waals surface area contributed by atoms with E-state index in [1.807, 2.05) is 13.8 Å². The standard InChI is InChI=1S/C12H15BrFNO3/c1-3-18-7(2)6-15-9-5-4-8(12(16)17)10(13)11(9)14/h4-5,7,15H,3,6H2,1-2H3,(H,16,17). The van der Waals surface area contributed by atoms with Gasteiger partial charge in [-0.1, -0.05) is 0 Å². The number of ether oxygens (including phenoxy) is 1. The molecule has 4 nitrogen and oxygen atoms in total. The minimum Gasteiger partial charge on any atom is -0.478 e. The fraction of sp³-hybridized carbons (Fsp3) is 0.417. The van der Waals surface area contributed by atoms with Crippen LogP contribution < -0.4 is 5.32 Å². The zero-order chi connectivity index (χ0) is 13.7. The lowest BCUT2D eigenvalue weighted by atomic mass is 10.2. The Morgan fingerprint density at radius 1 is 1.61 bits per heavy atom. The predicted molar refractivity (Wildman–Crippen MR) is 70.6 cm³/mol. The Kier molecular flexibility index (Phi) is 5.55. The van der Waals surface area contributed by atoms with E-state index in [9.17, 15) is 9.18 Å². The highest BCUT2D eigenvalue weighted by atomic mass is 79.9. The summed E-state index contributed by atoms with van der Waals surface area (Å²) in [6.45, 7) is 4.79. The average molecular weight is 320 g/mol. The molecular formula is C12H15BrFNO3. The van der Waals surface area contributed by atoms with E-state index < -0.39 is 11.8 Å². The minimum atomic E-state index is -1.17. The van der Waals surface area contributed by atoms with E-state index in [0.717, 1.165) is 0 Å². The van der Waals surface area contributed by atoms with Crippen molar-refractivity contribution >= 4 is 27.6 Å². The zero-order valence-electron chi connectivity index (χ0n) is 10.2. The van der Waals surface area contributed by atoms with Gasteiger partial charge in [-0.3, -0.25) is 0 Å². The summed E-state index contributed by atoms with van der Waals surface area (Å²) < 4.78 is 19.1. The number of nitrogens with one attached hydrogen (secondary N) is 1. The molecule has 1 atom stereocenters. The largest absolute Gasteiger partial charge is 0.478 e. The molecule has 0 aliphatic rings. The quantitative estimate of drug-likeness (QED) is 0.845. The molecule has 2 N–H and O–H groups in total. The highest BCUT2D eigenvalue weighted by molar-refractivity contribution is 9.10. The molecule has 0 saturated heterocycles. The average Bonchev–Trinajstić information content (AvgIpc) is 2.31. The van der Waals surface area contributed by atoms with Gasteiger partial charge in [-0.05, 0) is 41.9 Å². The second-order valence-electron chi connectivity index (χ2n) is 3.74. The second kappa shape index (κ2) is 6.70. The molecule has 0 aliphatic heterocycles. The first-order chi connectivity index (χ1) is 8.47. The first kappa shape index (κ1) is 14.9. The Hall–Kier alpha value is -1.14. The summed E-state index contributed by atoms with van der Waals surface area (Å²) in [5.74, 6) is -1.78. The summed E-state index contributed by atoms with van der Waals surface area (Å²) in [4.78, 5) is 10.8. The van der Waals surface area contributed by atoms with Gasteiger partial charge >= 0.3 is 5.97 Å². The molecule has 0 aromatic heterocycles. The lowest BCUT2D eigenvalue weighted by Gasteiger charge is -2.15. The molecule has 18 heavy (non-hydrogen) atoms. The Labute approximate surface area is 113 Å². The molecule has 0 spiro atoms. The van der Waals surface area contributed by atoms with Crippen molar-refractivity contribution in [3.05, 3.63) is 28.0 Å². The maximum Gasteiger partial charge on any atom is 0.336 e. The Balaban J connectivity index is 2.79. The SMILES string of the molecule is CCOC(C)CNc1ccc(C(=O)O)c(Br)c1F. The number of hydrogen-bond acceptors (Lipinski definition) is 3. The van der Waals surface area contributed by atoms with Crippen molar-refractivity contribution in [1.29, 1.82) is 0 Å². The lowest BCUT2D eigenvalue weighted by molar-refractivity contribution is 0.0695. The molecule has 1 unspecified atom stereocenters. The number of carboxylic acid groups (broad SMARTS) is 1. The summed E-state index contributed by atoms with van der Waals surface area (Å²) in [6, 6.07) is 2.76. The monoisotopic (exact) mass is 319 g/mol. The minimum absolute atomic E-state index is 0.0488. The van der Waals surface area contributed by atoms with Gasteiger partial charge in [-0.25, -0.2) is 9.18 Å². The first-order valence-corrected chi connectivity index (χ1v) is 6.33. The summed E-state index contributed by atoms with van der Waals surface area (Å²) in [5, 5.41) is 11.7. The van der Waals surface area contributed by atoms with Crippen LogP contribution in [0.3, 0.4) is 0 Å². The summed E-state index contributed by atoms with van der Waals surface area (Å²) in [5.41, 5.74) is 0.148. The van der Waals surface area contributed by atoms with Gasteiger partial charge in [0, 0.05) is 13.2 Å². The van der Waals surface area contributed by atoms with Crippen molar-refractivity contribution in [3.8, 4) is 0 Å². The topological polar surface area (TPSA) is 58.6 Å². The van der Waals surface area contributed by atoms with E-state index in [1.165, 1.54) is 12.1 Å². The van der Waals surface area contributed by atoms with Gasteiger partial charge in [-0.2, -0.15) is 0 Å². The predicted octanol–water partition coefficient (Wildman–Crippen LogP) is 3.12. The highest BCUT2D eigenvalue weighted by Crippen LogP contribution is 2.27. The van der Waals surface area contributed by atoms with Crippen LogP contribution in [-0.4, -0.2) is 30.3 Å². The van der Waals surface area contributed by atoms with E-state index in [2.05, 4.69) is 21.2 Å². The number of rotatable bonds is 6. The third-order valence-corrected chi connectivity index (χ3v) is 3.12. The van der Waals surface area contributed by atoms with Crippen molar-refractivity contribution in [3.63, 3.8) is 0 Å². The summed E-state index contributed by atoms with van der Waals surface area (Å²) in [6.07, 6.45) is -0.0488. The van der Waals surface area contributed by atoms with Crippen LogP contribution in [0.25, 0.3) is 0 Å². The second-order valence-corrected chi connectivity index (χ2v) is 4.53. The molecule has 0 aliphatic carbocycles. The van der Waals surface area contributed by atoms with Crippen LogP contribution in [0.15, 0.2) is 16.6 Å². The number of aromatic carboxylic acids is 1. The van der Waals surface area contributed by atoms with E-state index in [4.69, 9.17) is 9.84 Å². The van der Waals surface area contributed by atoms with Gasteiger partial charge in [0.25, 0.3) is 0 Å². The molecule has 100 valence electrons. The maximum atomic E-state index is 13.8. The molecule has 0 radical (unpaired) electrons. The van der Waals surface area contributed by atoms with Gasteiger partial charge < -0.3 is 15.2 Å². The van der Waals surface area contributed by atoms with Crippen molar-refractivity contribution in [2.45, 2.75) is 20.0 Å². The smallest absolute Gasteiger partial charge is 0.336 e. The van der Waals surface area contributed by atoms with Crippen molar-refractivity contribution in [1.82, 2.24) is 0 Å². The molecule has 0 fully saturated rings. The molecule has 6 heteroatoms. The molecule has 0 amide bonds. The first-order valence-electron chi connectivity index (χ1n) is 5.54. The van der Waals surface area contributed by atoms with Crippen LogP contribution in [0.1, 0.15) is 24.2 Å². The van der Waals surface area contributed by atoms with E-state index in [0.29, 0.717) is 13.2 Å². The van der Waals surface area contributed by atoms with Gasteiger partial charge in [0.05, 0.1) is 21.8 Å². The summed E-state index contributed by atoms with van der Waals surface area (Å²) in [7, 11) is 0. The Bertz CT molecular complexity index is 440. The Morgan fingerprint density at radius 2 is 2.28 bits per heavy atom. The number of carbonyl (C=O) groups is 1. The van der Waals surface area contributed by atoms with E-state index in [1.54, 1.807) is 0 Å². The lowest BCUT2D eigenvalue weighted by Crippen LogP contribution is -2.20. The van der Waals surface area contributed by atoms with Gasteiger partial charge in [0.2, 0.25) is 0 Å². The van der Waals surface area contributed by atoms with Gasteiger partial charge in [-0.15, -0.1) is 0 Å². The highest BCUT2D eigenvalue weighted by Gasteiger charge is 2.16. The number of benzene rings is 1. The van der Waals surface area contributed by atoms with E-state index >= 15 is 0 Å². The number of halogens is 2. The molecule has 1 rings (SSSR count). The third-order valence-electron chi connectivity index (χ3n) is 2.34. The molecule has 0 saturated carbocycles. The van der Waals surface area contributed by atoms with Crippen LogP contribution in [-0.2, 0) is 4.74 Å². The molecule has 1 aromatic carbocycles. The van der Waals surface area contributed by atoms with Crippen LogP contribution in [0.2, 0.25) is 0 Å². The fourth-order valence-corrected chi connectivity index (χ4v) is 1.96. The molecular weight excluding hydrogens is 305 g/mol. The van der Waals surface area contributed by atoms with Gasteiger partial charge in [0.15, 0.2) is 5.82 Å². The maximum absolute atomic E-state index is 13.8. The normalized spacial score (nSPS) is 12.2. The molecule has 0 bridgehead atoms. The summed E-state index contributed by atoms with van der Waals surface area (Å²) >= 11 is 2.94. The molecule has 0 heterocycles. The number of hydrogen-bond donors (Lipinski definition) is 2. The number of carboxylic acids is 1. The van der Waals surface area contributed by atoms with Crippen LogP contribution in [0.5, 0.6) is 0 Å². The number of anilines is 1. The van der Waals surface area contributed by atoms with Crippen LogP contribution in [0.4, 0.5) is 10.1 Å². The van der Waals surface area contributed by atoms with E-state index in [-0.39, 0.29) is 21.8 Å². The van der Waals surface area contributed by atoms with Crippen molar-refractivity contribution in [2.75, 3.05) is 18.5 Å². The Morgan fingerprint density at radius 3 is 2.83 bits per heavy atom. The molecule has 1 aromatic rings. The van der Waals surface area contributed by atoms with Gasteiger partial charge in [0.1, 0.15) is 0 Å². The zero-order valence-corrected chi connectivity index (χ0v) is 11.8. The van der Waals surface area contributed by atoms with Crippen molar-refractivity contribution < 1.29 is 19.0 Å². The third kappa shape index (κ3) is 3.68. The fourth-order valence-electron chi connectivity index (χ4n) is 1.45. The van der Waals surface area contributed by atoms with Crippen LogP contribution in [0, 0.1) is 5.82 Å².